The summed E-state index contributed by atoms with van der Waals surface area (Å²) < 4.78 is 4.82. The maximum absolute atomic E-state index is 12.1. The average molecular weight is 377 g/mol. The van der Waals surface area contributed by atoms with Crippen LogP contribution in [0.5, 0.6) is 0 Å². The minimum absolute atomic E-state index is 0.131. The molecule has 0 aromatic carbocycles. The van der Waals surface area contributed by atoms with Crippen molar-refractivity contribution in [1.82, 2.24) is 10.5 Å². The molecule has 9 heteroatoms. The monoisotopic (exact) mass is 377 g/mol. The Hall–Kier alpha value is -2.49. The third-order valence-electron chi connectivity index (χ3n) is 3.51. The summed E-state index contributed by atoms with van der Waals surface area (Å²) in [5.41, 5.74) is -0.734. The normalized spacial score (nSPS) is 13.2. The average Bonchev–Trinajstić information content (AvgIpc) is 3.34. The minimum Gasteiger partial charge on any atom is -0.378 e. The molecule has 0 aliphatic heterocycles. The lowest BCUT2D eigenvalue weighted by Gasteiger charge is -2.26. The molecular formula is C16H15N3O4S2. The number of aromatic nitrogens is 1. The van der Waals surface area contributed by atoms with E-state index in [2.05, 4.69) is 15.8 Å². The summed E-state index contributed by atoms with van der Waals surface area (Å²) in [5, 5.41) is 25.0. The molecule has 3 heterocycles. The van der Waals surface area contributed by atoms with E-state index in [-0.39, 0.29) is 12.4 Å². The summed E-state index contributed by atoms with van der Waals surface area (Å²) in [7, 11) is 0. The Morgan fingerprint density at radius 2 is 2.16 bits per heavy atom. The van der Waals surface area contributed by atoms with Gasteiger partial charge in [-0.15, -0.1) is 11.3 Å². The first kappa shape index (κ1) is 17.3. The van der Waals surface area contributed by atoms with E-state index < -0.39 is 17.4 Å². The Morgan fingerprint density at radius 1 is 1.32 bits per heavy atom. The largest absolute Gasteiger partial charge is 0.378 e. The van der Waals surface area contributed by atoms with Crippen molar-refractivity contribution in [1.29, 1.82) is 0 Å². The Kier molecular flexibility index (Phi) is 4.98. The lowest BCUT2D eigenvalue weighted by atomic mass is 9.94. The van der Waals surface area contributed by atoms with E-state index in [1.54, 1.807) is 19.1 Å². The van der Waals surface area contributed by atoms with Gasteiger partial charge in [0.1, 0.15) is 11.4 Å². The third kappa shape index (κ3) is 3.78. The second kappa shape index (κ2) is 7.18. The molecule has 0 aliphatic rings. The van der Waals surface area contributed by atoms with Gasteiger partial charge in [0.05, 0.1) is 6.54 Å². The number of rotatable bonds is 5. The van der Waals surface area contributed by atoms with Gasteiger partial charge in [0, 0.05) is 16.5 Å². The summed E-state index contributed by atoms with van der Waals surface area (Å²) in [5.74, 6) is -1.08. The van der Waals surface area contributed by atoms with E-state index in [1.807, 2.05) is 22.2 Å². The van der Waals surface area contributed by atoms with Crippen molar-refractivity contribution in [2.45, 2.75) is 12.5 Å². The van der Waals surface area contributed by atoms with Crippen LogP contribution in [0.25, 0.3) is 0 Å². The zero-order chi connectivity index (χ0) is 17.9. The number of amides is 2. The van der Waals surface area contributed by atoms with E-state index in [9.17, 15) is 14.7 Å². The minimum atomic E-state index is -1.39. The molecule has 0 saturated heterocycles. The van der Waals surface area contributed by atoms with Gasteiger partial charge in [-0.25, -0.2) is 0 Å². The molecule has 1 atom stereocenters. The van der Waals surface area contributed by atoms with E-state index in [0.29, 0.717) is 16.2 Å². The molecule has 0 spiro atoms. The Bertz CT molecular complexity index is 822. The van der Waals surface area contributed by atoms with Gasteiger partial charge in [-0.2, -0.15) is 11.3 Å². The highest BCUT2D eigenvalue weighted by molar-refractivity contribution is 7.10. The summed E-state index contributed by atoms with van der Waals surface area (Å²) in [6.07, 6.45) is 0. The molecule has 3 N–H and O–H groups in total. The zero-order valence-electron chi connectivity index (χ0n) is 13.2. The highest BCUT2D eigenvalue weighted by Gasteiger charge is 2.34. The number of anilines is 1. The zero-order valence-corrected chi connectivity index (χ0v) is 14.8. The molecule has 0 fully saturated rings. The van der Waals surface area contributed by atoms with Crippen LogP contribution < -0.4 is 10.6 Å². The molecule has 0 saturated carbocycles. The Balaban J connectivity index is 1.69. The molecule has 3 aromatic rings. The third-order valence-corrected chi connectivity index (χ3v) is 5.21. The smallest absolute Gasteiger partial charge is 0.314 e. The number of nitrogens with one attached hydrogen (secondary N) is 2. The quantitative estimate of drug-likeness (QED) is 0.591. The van der Waals surface area contributed by atoms with Crippen molar-refractivity contribution in [2.24, 2.45) is 0 Å². The van der Waals surface area contributed by atoms with Crippen LogP contribution in [-0.2, 0) is 15.2 Å². The molecule has 3 aromatic heterocycles. The van der Waals surface area contributed by atoms with Gasteiger partial charge in [-0.1, -0.05) is 11.2 Å². The van der Waals surface area contributed by atoms with Crippen molar-refractivity contribution in [2.75, 3.05) is 11.9 Å². The van der Waals surface area contributed by atoms with Crippen LogP contribution in [-0.4, -0.2) is 28.6 Å². The summed E-state index contributed by atoms with van der Waals surface area (Å²) in [6, 6.07) is 6.89. The van der Waals surface area contributed by atoms with Gasteiger partial charge in [-0.05, 0) is 35.2 Å². The van der Waals surface area contributed by atoms with Crippen molar-refractivity contribution in [3.63, 3.8) is 0 Å². The molecule has 2 amide bonds. The molecule has 0 bridgehead atoms. The molecule has 0 radical (unpaired) electrons. The van der Waals surface area contributed by atoms with Crippen LogP contribution in [0, 0.1) is 6.92 Å². The lowest BCUT2D eigenvalue weighted by Crippen LogP contribution is -2.44. The van der Waals surface area contributed by atoms with Crippen molar-refractivity contribution >= 4 is 40.3 Å². The standard InChI is InChI=1S/C16H15N3O4S2/c1-10-7-13(19-23-10)18-15(21)14(20)17-9-16(22,11-4-6-24-8-11)12-3-2-5-25-12/h2-8,22H,9H2,1H3,(H,17,20)(H,18,19,21). The van der Waals surface area contributed by atoms with Crippen LogP contribution in [0.3, 0.4) is 0 Å². The summed E-state index contributed by atoms with van der Waals surface area (Å²) >= 11 is 2.82. The van der Waals surface area contributed by atoms with E-state index in [4.69, 9.17) is 4.52 Å². The highest BCUT2D eigenvalue weighted by Crippen LogP contribution is 2.33. The van der Waals surface area contributed by atoms with Gasteiger partial charge in [0.25, 0.3) is 0 Å². The predicted octanol–water partition coefficient (Wildman–Crippen LogP) is 2.10. The summed E-state index contributed by atoms with van der Waals surface area (Å²) in [6.45, 7) is 1.54. The fourth-order valence-electron chi connectivity index (χ4n) is 2.23. The first-order valence-electron chi connectivity index (χ1n) is 7.30. The number of nitrogens with zero attached hydrogens (tertiary/aromatic N) is 1. The number of carbonyl (C=O) groups excluding carboxylic acids is 2. The molecule has 0 aliphatic carbocycles. The van der Waals surface area contributed by atoms with Gasteiger partial charge in [-0.3, -0.25) is 14.9 Å². The van der Waals surface area contributed by atoms with Crippen LogP contribution in [0.1, 0.15) is 16.2 Å². The van der Waals surface area contributed by atoms with Gasteiger partial charge in [0.15, 0.2) is 5.82 Å². The first-order chi connectivity index (χ1) is 12.0. The molecule has 7 nitrogen and oxygen atoms in total. The Morgan fingerprint density at radius 3 is 2.76 bits per heavy atom. The number of hydrogen-bond acceptors (Lipinski definition) is 7. The second-order valence-corrected chi connectivity index (χ2v) is 7.04. The molecule has 25 heavy (non-hydrogen) atoms. The topological polar surface area (TPSA) is 104 Å². The molecule has 130 valence electrons. The molecule has 1 unspecified atom stereocenters. The van der Waals surface area contributed by atoms with E-state index in [1.165, 1.54) is 28.7 Å². The summed E-state index contributed by atoms with van der Waals surface area (Å²) in [4.78, 5) is 24.7. The maximum atomic E-state index is 12.1. The molecule has 3 rings (SSSR count). The van der Waals surface area contributed by atoms with Gasteiger partial charge >= 0.3 is 11.8 Å². The van der Waals surface area contributed by atoms with Crippen LogP contribution >= 0.6 is 22.7 Å². The lowest BCUT2D eigenvalue weighted by molar-refractivity contribution is -0.136. The fourth-order valence-corrected chi connectivity index (χ4v) is 3.80. The maximum Gasteiger partial charge on any atom is 0.314 e. The van der Waals surface area contributed by atoms with Crippen LogP contribution in [0.4, 0.5) is 5.82 Å². The van der Waals surface area contributed by atoms with Crippen LogP contribution in [0.15, 0.2) is 44.9 Å². The van der Waals surface area contributed by atoms with Crippen molar-refractivity contribution in [3.05, 3.63) is 56.6 Å². The Labute approximate surface area is 151 Å². The molecular weight excluding hydrogens is 362 g/mol. The number of carbonyl (C=O) groups is 2. The predicted molar refractivity (Wildman–Crippen MR) is 94.5 cm³/mol. The second-order valence-electron chi connectivity index (χ2n) is 5.31. The van der Waals surface area contributed by atoms with Crippen LogP contribution in [0.2, 0.25) is 0 Å². The number of aliphatic hydroxyl groups is 1. The van der Waals surface area contributed by atoms with Gasteiger partial charge in [0.2, 0.25) is 0 Å². The van der Waals surface area contributed by atoms with Crippen molar-refractivity contribution < 1.29 is 19.2 Å². The van der Waals surface area contributed by atoms with Gasteiger partial charge < -0.3 is 14.9 Å². The number of aryl methyl sites for hydroxylation is 1. The first-order valence-corrected chi connectivity index (χ1v) is 9.13. The van der Waals surface area contributed by atoms with E-state index >= 15 is 0 Å². The highest BCUT2D eigenvalue weighted by atomic mass is 32.1. The van der Waals surface area contributed by atoms with E-state index in [0.717, 1.165) is 0 Å². The van der Waals surface area contributed by atoms with Crippen molar-refractivity contribution in [3.8, 4) is 0 Å². The number of hydrogen-bond donors (Lipinski definition) is 3. The fraction of sp³-hybridized carbons (Fsp3) is 0.188. The SMILES string of the molecule is Cc1cc(NC(=O)C(=O)NCC(O)(c2ccsc2)c2cccs2)no1. The number of thiophene rings is 2.